The molecule has 0 atom stereocenters. The van der Waals surface area contributed by atoms with E-state index >= 15 is 0 Å². The Morgan fingerprint density at radius 2 is 1.67 bits per heavy atom. The molecule has 1 aromatic rings. The minimum absolute atomic E-state index is 0.844. The van der Waals surface area contributed by atoms with Crippen molar-refractivity contribution in [3.8, 4) is 0 Å². The van der Waals surface area contributed by atoms with Gasteiger partial charge in [-0.25, -0.2) is 9.59 Å². The first kappa shape index (κ1) is 13.8. The third-order valence-corrected chi connectivity index (χ3v) is 2.23. The molecule has 0 radical (unpaired) electrons. The van der Waals surface area contributed by atoms with Crippen LogP contribution in [-0.2, 0) is 15.4 Å². The summed E-state index contributed by atoms with van der Waals surface area (Å²) in [5.41, 5.74) is 9.20. The van der Waals surface area contributed by atoms with E-state index in [0.29, 0.717) is 0 Å². The SMILES string of the molecule is CC(C)(C)C(OC(N)=O)(OC(N)=O)n1cccn1. The summed E-state index contributed by atoms with van der Waals surface area (Å²) in [6, 6.07) is 1.58. The van der Waals surface area contributed by atoms with Crippen LogP contribution in [0.15, 0.2) is 18.5 Å². The van der Waals surface area contributed by atoms with E-state index in [1.165, 1.54) is 17.1 Å². The van der Waals surface area contributed by atoms with E-state index in [4.69, 9.17) is 20.9 Å². The van der Waals surface area contributed by atoms with Gasteiger partial charge < -0.3 is 20.9 Å². The van der Waals surface area contributed by atoms with Gasteiger partial charge in [-0.05, 0) is 6.07 Å². The van der Waals surface area contributed by atoms with Gasteiger partial charge in [0.1, 0.15) is 0 Å². The fourth-order valence-electron chi connectivity index (χ4n) is 1.48. The summed E-state index contributed by atoms with van der Waals surface area (Å²) in [5.74, 6) is -1.84. The molecule has 100 valence electrons. The quantitative estimate of drug-likeness (QED) is 0.772. The van der Waals surface area contributed by atoms with Crippen molar-refractivity contribution in [1.29, 1.82) is 0 Å². The third kappa shape index (κ3) is 2.53. The highest BCUT2D eigenvalue weighted by Gasteiger charge is 2.52. The molecule has 1 heterocycles. The Morgan fingerprint density at radius 3 is 1.94 bits per heavy atom. The second-order valence-corrected chi connectivity index (χ2v) is 4.62. The topological polar surface area (TPSA) is 122 Å². The maximum atomic E-state index is 11.1. The van der Waals surface area contributed by atoms with Gasteiger partial charge >= 0.3 is 18.1 Å². The number of aromatic nitrogens is 2. The van der Waals surface area contributed by atoms with Crippen molar-refractivity contribution in [3.05, 3.63) is 18.5 Å². The van der Waals surface area contributed by atoms with E-state index in [1.807, 2.05) is 0 Å². The van der Waals surface area contributed by atoms with E-state index < -0.39 is 23.5 Å². The summed E-state index contributed by atoms with van der Waals surface area (Å²) in [6.07, 6.45) is 0.690. The van der Waals surface area contributed by atoms with Gasteiger partial charge in [-0.15, -0.1) is 0 Å². The molecule has 18 heavy (non-hydrogen) atoms. The van der Waals surface area contributed by atoms with Crippen molar-refractivity contribution in [2.45, 2.75) is 26.7 Å². The monoisotopic (exact) mass is 256 g/mol. The predicted octanol–water partition coefficient (Wildman–Crippen LogP) is 0.730. The number of hydrogen-bond acceptors (Lipinski definition) is 5. The maximum Gasteiger partial charge on any atom is 0.409 e. The van der Waals surface area contributed by atoms with Gasteiger partial charge in [-0.2, -0.15) is 9.78 Å². The highest BCUT2D eigenvalue weighted by atomic mass is 16.8. The number of amides is 2. The number of nitrogens with two attached hydrogens (primary N) is 2. The standard InChI is InChI=1S/C10H16N4O4/c1-9(2,3)10(17-7(11)15,18-8(12)16)14-6-4-5-13-14/h4-6H,1-3H3,(H2,11,15)(H2,12,16). The summed E-state index contributed by atoms with van der Waals surface area (Å²) in [7, 11) is 0. The molecule has 4 N–H and O–H groups in total. The van der Waals surface area contributed by atoms with Crippen LogP contribution >= 0.6 is 0 Å². The molecule has 0 saturated carbocycles. The second-order valence-electron chi connectivity index (χ2n) is 4.62. The molecule has 0 saturated heterocycles. The Kier molecular flexibility index (Phi) is 3.49. The van der Waals surface area contributed by atoms with Crippen LogP contribution in [0.25, 0.3) is 0 Å². The predicted molar refractivity (Wildman–Crippen MR) is 61.0 cm³/mol. The number of primary amides is 2. The average Bonchev–Trinajstić information content (AvgIpc) is 2.65. The first-order valence-corrected chi connectivity index (χ1v) is 5.16. The molecule has 0 fully saturated rings. The zero-order valence-corrected chi connectivity index (χ0v) is 10.4. The van der Waals surface area contributed by atoms with Crippen molar-refractivity contribution >= 4 is 12.2 Å². The van der Waals surface area contributed by atoms with Crippen LogP contribution in [0.4, 0.5) is 9.59 Å². The first-order valence-electron chi connectivity index (χ1n) is 5.16. The van der Waals surface area contributed by atoms with Crippen LogP contribution < -0.4 is 11.5 Å². The normalized spacial score (nSPS) is 11.9. The fraction of sp³-hybridized carbons (Fsp3) is 0.500. The largest absolute Gasteiger partial charge is 0.409 e. The maximum absolute atomic E-state index is 11.1. The van der Waals surface area contributed by atoms with Crippen molar-refractivity contribution < 1.29 is 19.1 Å². The molecule has 8 heteroatoms. The van der Waals surface area contributed by atoms with E-state index in [1.54, 1.807) is 26.8 Å². The Morgan fingerprint density at radius 1 is 1.17 bits per heavy atom. The van der Waals surface area contributed by atoms with Crippen molar-refractivity contribution in [2.24, 2.45) is 16.9 Å². The van der Waals surface area contributed by atoms with Gasteiger partial charge in [0.15, 0.2) is 0 Å². The van der Waals surface area contributed by atoms with Gasteiger partial charge in [0, 0.05) is 12.4 Å². The molecular formula is C10H16N4O4. The molecule has 2 amide bonds. The molecule has 8 nitrogen and oxygen atoms in total. The molecule has 0 spiro atoms. The number of carbonyl (C=O) groups excluding carboxylic acids is 2. The zero-order valence-electron chi connectivity index (χ0n) is 10.4. The van der Waals surface area contributed by atoms with Crippen LogP contribution in [0.3, 0.4) is 0 Å². The Bertz CT molecular complexity index is 419. The molecule has 0 bridgehead atoms. The lowest BCUT2D eigenvalue weighted by Gasteiger charge is -2.40. The van der Waals surface area contributed by atoms with Crippen LogP contribution in [-0.4, -0.2) is 22.0 Å². The van der Waals surface area contributed by atoms with Crippen LogP contribution in [0.1, 0.15) is 20.8 Å². The van der Waals surface area contributed by atoms with Gasteiger partial charge in [0.25, 0.3) is 0 Å². The summed E-state index contributed by atoms with van der Waals surface area (Å²) < 4.78 is 11.1. The number of ether oxygens (including phenoxy) is 2. The molecule has 0 aliphatic heterocycles. The second kappa shape index (κ2) is 4.55. The fourth-order valence-corrected chi connectivity index (χ4v) is 1.48. The summed E-state index contributed by atoms with van der Waals surface area (Å²) >= 11 is 0. The minimum atomic E-state index is -1.84. The van der Waals surface area contributed by atoms with Crippen LogP contribution in [0.5, 0.6) is 0 Å². The molecule has 1 rings (SSSR count). The summed E-state index contributed by atoms with van der Waals surface area (Å²) in [5, 5.41) is 3.91. The lowest BCUT2D eigenvalue weighted by atomic mass is 9.91. The van der Waals surface area contributed by atoms with Crippen molar-refractivity contribution in [1.82, 2.24) is 9.78 Å². The molecule has 1 aromatic heterocycles. The van der Waals surface area contributed by atoms with Gasteiger partial charge in [0.05, 0.1) is 5.41 Å². The lowest BCUT2D eigenvalue weighted by molar-refractivity contribution is -0.288. The molecule has 0 aliphatic rings. The van der Waals surface area contributed by atoms with Gasteiger partial charge in [0.2, 0.25) is 0 Å². The van der Waals surface area contributed by atoms with Crippen LogP contribution in [0, 0.1) is 5.41 Å². The Labute approximate surface area is 104 Å². The van der Waals surface area contributed by atoms with Gasteiger partial charge in [-0.1, -0.05) is 20.8 Å². The van der Waals surface area contributed by atoms with E-state index in [0.717, 1.165) is 0 Å². The molecule has 0 unspecified atom stereocenters. The summed E-state index contributed by atoms with van der Waals surface area (Å²) in [4.78, 5) is 22.1. The van der Waals surface area contributed by atoms with E-state index in [-0.39, 0.29) is 0 Å². The van der Waals surface area contributed by atoms with E-state index in [2.05, 4.69) is 5.10 Å². The summed E-state index contributed by atoms with van der Waals surface area (Å²) in [6.45, 7) is 5.04. The Hall–Kier alpha value is -2.25. The molecule has 0 aromatic carbocycles. The first-order chi connectivity index (χ1) is 8.19. The average molecular weight is 256 g/mol. The number of rotatable bonds is 3. The Balaban J connectivity index is 3.35. The number of nitrogens with zero attached hydrogens (tertiary/aromatic N) is 2. The van der Waals surface area contributed by atoms with Crippen LogP contribution in [0.2, 0.25) is 0 Å². The number of carbonyl (C=O) groups is 2. The van der Waals surface area contributed by atoms with Gasteiger partial charge in [-0.3, -0.25) is 0 Å². The smallest absolute Gasteiger partial charge is 0.385 e. The molecule has 0 aliphatic carbocycles. The van der Waals surface area contributed by atoms with Crippen molar-refractivity contribution in [3.63, 3.8) is 0 Å². The number of hydrogen-bond donors (Lipinski definition) is 2. The highest BCUT2D eigenvalue weighted by molar-refractivity contribution is 5.67. The van der Waals surface area contributed by atoms with Crippen molar-refractivity contribution in [2.75, 3.05) is 0 Å². The third-order valence-electron chi connectivity index (χ3n) is 2.23. The molecular weight excluding hydrogens is 240 g/mol. The van der Waals surface area contributed by atoms with E-state index in [9.17, 15) is 9.59 Å². The highest BCUT2D eigenvalue weighted by Crippen LogP contribution is 2.39. The minimum Gasteiger partial charge on any atom is -0.385 e. The zero-order chi connectivity index (χ0) is 14.0. The lowest BCUT2D eigenvalue weighted by Crippen LogP contribution is -2.54.